The number of urea groups is 1. The molecule has 5 nitrogen and oxygen atoms in total. The van der Waals surface area contributed by atoms with Crippen LogP contribution in [0, 0.1) is 19.7 Å². The van der Waals surface area contributed by atoms with E-state index in [-0.39, 0.29) is 11.5 Å². The average molecular weight is 299 g/mol. The summed E-state index contributed by atoms with van der Waals surface area (Å²) >= 11 is 0. The zero-order valence-corrected chi connectivity index (χ0v) is 12.1. The maximum absolute atomic E-state index is 13.1. The van der Waals surface area contributed by atoms with Gasteiger partial charge >= 0.3 is 6.03 Å². The summed E-state index contributed by atoms with van der Waals surface area (Å²) < 4.78 is 15.0. The van der Waals surface area contributed by atoms with Gasteiger partial charge in [0.25, 0.3) is 5.91 Å². The largest absolute Gasteiger partial charge is 0.326 e. The van der Waals surface area contributed by atoms with E-state index in [1.807, 2.05) is 24.5 Å². The predicted octanol–water partition coefficient (Wildman–Crippen LogP) is 2.41. The Balaban J connectivity index is 2.04. The Morgan fingerprint density at radius 3 is 2.36 bits per heavy atom. The van der Waals surface area contributed by atoms with Gasteiger partial charge in [0.05, 0.1) is 0 Å². The highest BCUT2D eigenvalue weighted by atomic mass is 19.1. The van der Waals surface area contributed by atoms with E-state index in [0.29, 0.717) is 0 Å². The summed E-state index contributed by atoms with van der Waals surface area (Å²) in [7, 11) is 0. The van der Waals surface area contributed by atoms with Gasteiger partial charge in [-0.1, -0.05) is 0 Å². The van der Waals surface area contributed by atoms with Crippen LogP contribution in [0.5, 0.6) is 0 Å². The lowest BCUT2D eigenvalue weighted by molar-refractivity contribution is -0.115. The highest BCUT2D eigenvalue weighted by Crippen LogP contribution is 2.23. The van der Waals surface area contributed by atoms with Gasteiger partial charge < -0.3 is 9.88 Å². The standard InChI is InChI=1S/C16H14FN3O2/c1-9-7-11(8-14-15(21)19-16(22)18-14)10(2)20(9)13-5-3-12(17)4-6-13/h3-8H,1-2H3,(H2,18,19,21,22)/b14-8-. The van der Waals surface area contributed by atoms with Crippen molar-refractivity contribution in [1.82, 2.24) is 15.2 Å². The Hall–Kier alpha value is -2.89. The number of carbonyl (C=O) groups is 2. The Labute approximate surface area is 126 Å². The molecule has 0 radical (unpaired) electrons. The molecule has 1 saturated heterocycles. The third kappa shape index (κ3) is 2.39. The summed E-state index contributed by atoms with van der Waals surface area (Å²) in [5.74, 6) is -0.740. The van der Waals surface area contributed by atoms with E-state index in [0.717, 1.165) is 22.6 Å². The normalized spacial score (nSPS) is 16.0. The molecule has 1 aromatic heterocycles. The van der Waals surface area contributed by atoms with Crippen LogP contribution in [0.15, 0.2) is 36.0 Å². The van der Waals surface area contributed by atoms with Crippen molar-refractivity contribution in [3.8, 4) is 5.69 Å². The fraction of sp³-hybridized carbons (Fsp3) is 0.125. The summed E-state index contributed by atoms with van der Waals surface area (Å²) in [4.78, 5) is 22.7. The van der Waals surface area contributed by atoms with Gasteiger partial charge in [-0.2, -0.15) is 0 Å². The first-order valence-corrected chi connectivity index (χ1v) is 6.74. The monoisotopic (exact) mass is 299 g/mol. The maximum Gasteiger partial charge on any atom is 0.326 e. The first-order chi connectivity index (χ1) is 10.5. The van der Waals surface area contributed by atoms with E-state index in [1.165, 1.54) is 12.1 Å². The van der Waals surface area contributed by atoms with Crippen molar-refractivity contribution < 1.29 is 14.0 Å². The van der Waals surface area contributed by atoms with E-state index >= 15 is 0 Å². The second-order valence-electron chi connectivity index (χ2n) is 5.10. The Morgan fingerprint density at radius 2 is 1.77 bits per heavy atom. The molecule has 1 aromatic carbocycles. The molecule has 0 unspecified atom stereocenters. The summed E-state index contributed by atoms with van der Waals surface area (Å²) in [6.07, 6.45) is 1.63. The molecule has 1 aliphatic rings. The number of rotatable bonds is 2. The molecule has 6 heteroatoms. The fourth-order valence-corrected chi connectivity index (χ4v) is 2.56. The second kappa shape index (κ2) is 5.14. The molecule has 2 N–H and O–H groups in total. The maximum atomic E-state index is 13.1. The van der Waals surface area contributed by atoms with Crippen molar-refractivity contribution in [2.45, 2.75) is 13.8 Å². The first-order valence-electron chi connectivity index (χ1n) is 6.74. The minimum absolute atomic E-state index is 0.212. The van der Waals surface area contributed by atoms with Crippen LogP contribution >= 0.6 is 0 Å². The molecule has 2 aromatic rings. The molecule has 0 spiro atoms. The van der Waals surface area contributed by atoms with Crippen LogP contribution in [0.25, 0.3) is 11.8 Å². The van der Waals surface area contributed by atoms with E-state index in [1.54, 1.807) is 18.2 Å². The summed E-state index contributed by atoms with van der Waals surface area (Å²) in [6, 6.07) is 7.56. The molecule has 3 amide bonds. The number of hydrogen-bond acceptors (Lipinski definition) is 2. The smallest absolute Gasteiger partial charge is 0.318 e. The van der Waals surface area contributed by atoms with Gasteiger partial charge in [-0.15, -0.1) is 0 Å². The SMILES string of the molecule is Cc1cc(/C=C2\NC(=O)NC2=O)c(C)n1-c1ccc(F)cc1. The highest BCUT2D eigenvalue weighted by Gasteiger charge is 2.23. The highest BCUT2D eigenvalue weighted by molar-refractivity contribution is 6.14. The van der Waals surface area contributed by atoms with Gasteiger partial charge in [0.1, 0.15) is 11.5 Å². The molecule has 2 heterocycles. The number of halogens is 1. The van der Waals surface area contributed by atoms with Crippen LogP contribution in [-0.2, 0) is 4.79 Å². The lowest BCUT2D eigenvalue weighted by Gasteiger charge is -2.09. The van der Waals surface area contributed by atoms with Gasteiger partial charge in [-0.3, -0.25) is 10.1 Å². The van der Waals surface area contributed by atoms with Crippen molar-refractivity contribution in [3.63, 3.8) is 0 Å². The Bertz CT molecular complexity index is 804. The van der Waals surface area contributed by atoms with E-state index in [4.69, 9.17) is 0 Å². The van der Waals surface area contributed by atoms with Crippen LogP contribution in [0.1, 0.15) is 17.0 Å². The quantitative estimate of drug-likeness (QED) is 0.661. The summed E-state index contributed by atoms with van der Waals surface area (Å²) in [5, 5.41) is 4.62. The van der Waals surface area contributed by atoms with Crippen molar-refractivity contribution in [2.24, 2.45) is 0 Å². The zero-order valence-electron chi connectivity index (χ0n) is 12.1. The van der Waals surface area contributed by atoms with Crippen molar-refractivity contribution in [3.05, 3.63) is 58.8 Å². The van der Waals surface area contributed by atoms with Crippen molar-refractivity contribution in [1.29, 1.82) is 0 Å². The fourth-order valence-electron chi connectivity index (χ4n) is 2.56. The number of imide groups is 1. The van der Waals surface area contributed by atoms with Gasteiger partial charge in [0.2, 0.25) is 0 Å². The molecular formula is C16H14FN3O2. The second-order valence-corrected chi connectivity index (χ2v) is 5.10. The molecule has 1 fully saturated rings. The van der Waals surface area contributed by atoms with Gasteiger partial charge in [-0.25, -0.2) is 9.18 Å². The number of benzene rings is 1. The third-order valence-electron chi connectivity index (χ3n) is 3.57. The summed E-state index contributed by atoms with van der Waals surface area (Å²) in [6.45, 7) is 3.82. The minimum Gasteiger partial charge on any atom is -0.318 e. The lowest BCUT2D eigenvalue weighted by atomic mass is 10.2. The van der Waals surface area contributed by atoms with E-state index < -0.39 is 11.9 Å². The number of aryl methyl sites for hydroxylation is 1. The van der Waals surface area contributed by atoms with Crippen LogP contribution in [-0.4, -0.2) is 16.5 Å². The molecule has 3 rings (SSSR count). The van der Waals surface area contributed by atoms with Crippen molar-refractivity contribution >= 4 is 18.0 Å². The lowest BCUT2D eigenvalue weighted by Crippen LogP contribution is -2.22. The number of nitrogens with zero attached hydrogens (tertiary/aromatic N) is 1. The number of aromatic nitrogens is 1. The third-order valence-corrected chi connectivity index (χ3v) is 3.57. The molecule has 1 aliphatic heterocycles. The van der Waals surface area contributed by atoms with Crippen LogP contribution in [0.4, 0.5) is 9.18 Å². The molecule has 0 saturated carbocycles. The van der Waals surface area contributed by atoms with E-state index in [9.17, 15) is 14.0 Å². The first kappa shape index (κ1) is 14.1. The van der Waals surface area contributed by atoms with Crippen LogP contribution in [0.3, 0.4) is 0 Å². The predicted molar refractivity (Wildman–Crippen MR) is 79.9 cm³/mol. The summed E-state index contributed by atoms with van der Waals surface area (Å²) in [5.41, 5.74) is 3.70. The molecule has 0 aliphatic carbocycles. The van der Waals surface area contributed by atoms with Gasteiger partial charge in [0, 0.05) is 17.1 Å². The van der Waals surface area contributed by atoms with Gasteiger partial charge in [-0.05, 0) is 55.8 Å². The average Bonchev–Trinajstić information content (AvgIpc) is 2.92. The van der Waals surface area contributed by atoms with E-state index in [2.05, 4.69) is 10.6 Å². The molecule has 0 atom stereocenters. The number of amides is 3. The Kier molecular flexibility index (Phi) is 3.29. The number of hydrogen-bond donors (Lipinski definition) is 2. The zero-order chi connectivity index (χ0) is 15.9. The Morgan fingerprint density at radius 1 is 1.09 bits per heavy atom. The van der Waals surface area contributed by atoms with Crippen LogP contribution < -0.4 is 10.6 Å². The topological polar surface area (TPSA) is 63.1 Å². The molecule has 112 valence electrons. The number of nitrogens with one attached hydrogen (secondary N) is 2. The van der Waals surface area contributed by atoms with Crippen LogP contribution in [0.2, 0.25) is 0 Å². The van der Waals surface area contributed by atoms with Crippen molar-refractivity contribution in [2.75, 3.05) is 0 Å². The molecule has 22 heavy (non-hydrogen) atoms. The molecule has 0 bridgehead atoms. The molecular weight excluding hydrogens is 285 g/mol. The van der Waals surface area contributed by atoms with Gasteiger partial charge in [0.15, 0.2) is 0 Å². The minimum atomic E-state index is -0.524. The number of carbonyl (C=O) groups excluding carboxylic acids is 2.